The zero-order valence-corrected chi connectivity index (χ0v) is 12.1. The maximum atomic E-state index is 11.9. The molecule has 1 heterocycles. The van der Waals surface area contributed by atoms with E-state index in [1.54, 1.807) is 24.3 Å². The summed E-state index contributed by atoms with van der Waals surface area (Å²) in [6, 6.07) is 7.18. The molecule has 2 N–H and O–H groups in total. The van der Waals surface area contributed by atoms with E-state index in [9.17, 15) is 9.59 Å². The van der Waals surface area contributed by atoms with Crippen molar-refractivity contribution in [1.29, 1.82) is 0 Å². The Morgan fingerprint density at radius 3 is 2.14 bits per heavy atom. The number of benzene rings is 1. The largest absolute Gasteiger partial charge is 0.368 e. The topological polar surface area (TPSA) is 67.4 Å². The molecule has 1 saturated heterocycles. The maximum absolute atomic E-state index is 11.9. The number of nitrogens with one attached hydrogen (secondary N) is 2. The average molecular weight is 288 g/mol. The van der Waals surface area contributed by atoms with E-state index in [1.165, 1.54) is 0 Å². The number of carbonyl (C=O) groups excluding carboxylic acids is 2. The summed E-state index contributed by atoms with van der Waals surface area (Å²) in [5.74, 6) is 0.633. The van der Waals surface area contributed by atoms with Crippen LogP contribution < -0.4 is 10.6 Å². The monoisotopic (exact) mass is 288 g/mol. The van der Waals surface area contributed by atoms with Gasteiger partial charge < -0.3 is 15.4 Å². The molecule has 0 bridgehead atoms. The summed E-state index contributed by atoms with van der Waals surface area (Å²) in [4.78, 5) is 23.7. The number of rotatable bonds is 4. The fourth-order valence-electron chi connectivity index (χ4n) is 2.57. The molecule has 0 aromatic heterocycles. The molecule has 112 valence electrons. The van der Waals surface area contributed by atoms with Crippen molar-refractivity contribution in [3.8, 4) is 0 Å². The molecule has 3 atom stereocenters. The summed E-state index contributed by atoms with van der Waals surface area (Å²) in [7, 11) is 0. The third-order valence-corrected chi connectivity index (χ3v) is 4.09. The molecule has 5 heteroatoms. The number of hydrogen-bond acceptors (Lipinski definition) is 3. The van der Waals surface area contributed by atoms with Gasteiger partial charge in [-0.25, -0.2) is 0 Å². The molecule has 1 aliphatic carbocycles. The third kappa shape index (κ3) is 3.42. The van der Waals surface area contributed by atoms with Gasteiger partial charge in [0, 0.05) is 23.9 Å². The van der Waals surface area contributed by atoms with E-state index >= 15 is 0 Å². The molecular formula is C16H20N2O3. The zero-order valence-electron chi connectivity index (χ0n) is 12.1. The minimum Gasteiger partial charge on any atom is -0.368 e. The molecule has 2 fully saturated rings. The summed E-state index contributed by atoms with van der Waals surface area (Å²) < 4.78 is 5.34. The van der Waals surface area contributed by atoms with Gasteiger partial charge in [0.2, 0.25) is 5.91 Å². The van der Waals surface area contributed by atoms with Gasteiger partial charge in [0.15, 0.2) is 0 Å². The SMILES string of the molecule is CC1CC1C(=O)Nc1ccc(NC(=O)C2CCCO2)cc1. The van der Waals surface area contributed by atoms with Gasteiger partial charge in [-0.15, -0.1) is 0 Å². The van der Waals surface area contributed by atoms with Crippen molar-refractivity contribution in [1.82, 2.24) is 0 Å². The first-order valence-electron chi connectivity index (χ1n) is 7.47. The number of amides is 2. The molecule has 2 aliphatic rings. The first-order valence-corrected chi connectivity index (χ1v) is 7.47. The molecule has 21 heavy (non-hydrogen) atoms. The van der Waals surface area contributed by atoms with Crippen molar-refractivity contribution in [3.05, 3.63) is 24.3 Å². The smallest absolute Gasteiger partial charge is 0.253 e. The Labute approximate surface area is 124 Å². The second-order valence-electron chi connectivity index (χ2n) is 5.88. The fourth-order valence-corrected chi connectivity index (χ4v) is 2.57. The lowest BCUT2D eigenvalue weighted by Crippen LogP contribution is -2.26. The van der Waals surface area contributed by atoms with Crippen LogP contribution in [0.1, 0.15) is 26.2 Å². The Bertz CT molecular complexity index is 535. The Balaban J connectivity index is 1.53. The molecule has 3 rings (SSSR count). The predicted octanol–water partition coefficient (Wildman–Crippen LogP) is 2.40. The van der Waals surface area contributed by atoms with Crippen LogP contribution >= 0.6 is 0 Å². The van der Waals surface area contributed by atoms with Gasteiger partial charge >= 0.3 is 0 Å². The van der Waals surface area contributed by atoms with Gasteiger partial charge in [-0.05, 0) is 49.4 Å². The Morgan fingerprint density at radius 2 is 1.67 bits per heavy atom. The lowest BCUT2D eigenvalue weighted by Gasteiger charge is -2.11. The molecule has 5 nitrogen and oxygen atoms in total. The predicted molar refractivity (Wildman–Crippen MR) is 79.9 cm³/mol. The summed E-state index contributed by atoms with van der Waals surface area (Å²) in [6.07, 6.45) is 2.35. The molecular weight excluding hydrogens is 268 g/mol. The minimum absolute atomic E-state index is 0.0821. The van der Waals surface area contributed by atoms with E-state index < -0.39 is 0 Å². The number of ether oxygens (including phenoxy) is 1. The van der Waals surface area contributed by atoms with Gasteiger partial charge in [0.1, 0.15) is 6.10 Å². The molecule has 0 spiro atoms. The van der Waals surface area contributed by atoms with Crippen LogP contribution in [0.4, 0.5) is 11.4 Å². The van der Waals surface area contributed by atoms with Gasteiger partial charge in [0.25, 0.3) is 5.91 Å². The summed E-state index contributed by atoms with van der Waals surface area (Å²) in [5, 5.41) is 5.72. The maximum Gasteiger partial charge on any atom is 0.253 e. The first kappa shape index (κ1) is 14.1. The van der Waals surface area contributed by atoms with Gasteiger partial charge in [-0.3, -0.25) is 9.59 Å². The van der Waals surface area contributed by atoms with E-state index in [0.717, 1.165) is 24.9 Å². The molecule has 1 aliphatic heterocycles. The van der Waals surface area contributed by atoms with E-state index in [-0.39, 0.29) is 23.8 Å². The van der Waals surface area contributed by atoms with E-state index in [2.05, 4.69) is 17.6 Å². The highest BCUT2D eigenvalue weighted by atomic mass is 16.5. The molecule has 0 radical (unpaired) electrons. The molecule has 1 aromatic carbocycles. The van der Waals surface area contributed by atoms with Crippen LogP contribution in [-0.4, -0.2) is 24.5 Å². The fraction of sp³-hybridized carbons (Fsp3) is 0.500. The van der Waals surface area contributed by atoms with Crippen molar-refractivity contribution in [2.24, 2.45) is 11.8 Å². The van der Waals surface area contributed by atoms with Gasteiger partial charge in [-0.2, -0.15) is 0 Å². The summed E-state index contributed by atoms with van der Waals surface area (Å²) in [6.45, 7) is 2.73. The van der Waals surface area contributed by atoms with Crippen LogP contribution in [0.5, 0.6) is 0 Å². The molecule has 3 unspecified atom stereocenters. The summed E-state index contributed by atoms with van der Waals surface area (Å²) >= 11 is 0. The number of anilines is 2. The Kier molecular flexibility index (Phi) is 3.92. The second kappa shape index (κ2) is 5.85. The Hall–Kier alpha value is -1.88. The van der Waals surface area contributed by atoms with Crippen LogP contribution in [0.2, 0.25) is 0 Å². The van der Waals surface area contributed by atoms with Crippen LogP contribution in [-0.2, 0) is 14.3 Å². The normalized spacial score (nSPS) is 27.2. The molecule has 2 amide bonds. The Morgan fingerprint density at radius 1 is 1.10 bits per heavy atom. The summed E-state index contributed by atoms with van der Waals surface area (Å²) in [5.41, 5.74) is 1.47. The van der Waals surface area contributed by atoms with Crippen molar-refractivity contribution >= 4 is 23.2 Å². The zero-order chi connectivity index (χ0) is 14.8. The second-order valence-corrected chi connectivity index (χ2v) is 5.88. The highest BCUT2D eigenvalue weighted by Crippen LogP contribution is 2.38. The van der Waals surface area contributed by atoms with Crippen LogP contribution in [0.3, 0.4) is 0 Å². The molecule has 1 aromatic rings. The lowest BCUT2D eigenvalue weighted by molar-refractivity contribution is -0.124. The van der Waals surface area contributed by atoms with Crippen molar-refractivity contribution in [2.45, 2.75) is 32.3 Å². The number of carbonyl (C=O) groups is 2. The quantitative estimate of drug-likeness (QED) is 0.894. The van der Waals surface area contributed by atoms with E-state index in [0.29, 0.717) is 18.2 Å². The van der Waals surface area contributed by atoms with Crippen molar-refractivity contribution in [3.63, 3.8) is 0 Å². The van der Waals surface area contributed by atoms with E-state index in [4.69, 9.17) is 4.74 Å². The number of hydrogen-bond donors (Lipinski definition) is 2. The lowest BCUT2D eigenvalue weighted by atomic mass is 10.2. The highest BCUT2D eigenvalue weighted by Gasteiger charge is 2.39. The first-order chi connectivity index (χ1) is 10.1. The standard InChI is InChI=1S/C16H20N2O3/c1-10-9-13(10)15(19)17-11-4-6-12(7-5-11)18-16(20)14-3-2-8-21-14/h4-7,10,13-14H,2-3,8-9H2,1H3,(H,17,19)(H,18,20). The van der Waals surface area contributed by atoms with Gasteiger partial charge in [-0.1, -0.05) is 6.92 Å². The molecule has 1 saturated carbocycles. The van der Waals surface area contributed by atoms with Crippen LogP contribution in [0, 0.1) is 11.8 Å². The average Bonchev–Trinajstić information content (AvgIpc) is 2.99. The third-order valence-electron chi connectivity index (χ3n) is 4.09. The van der Waals surface area contributed by atoms with Crippen molar-refractivity contribution < 1.29 is 14.3 Å². The van der Waals surface area contributed by atoms with E-state index in [1.807, 2.05) is 0 Å². The van der Waals surface area contributed by atoms with Crippen molar-refractivity contribution in [2.75, 3.05) is 17.2 Å². The minimum atomic E-state index is -0.333. The van der Waals surface area contributed by atoms with Crippen LogP contribution in [0.25, 0.3) is 0 Å². The van der Waals surface area contributed by atoms with Gasteiger partial charge in [0.05, 0.1) is 0 Å². The van der Waals surface area contributed by atoms with Crippen LogP contribution in [0.15, 0.2) is 24.3 Å². The highest BCUT2D eigenvalue weighted by molar-refractivity contribution is 5.96.